The van der Waals surface area contributed by atoms with E-state index in [4.69, 9.17) is 42.9 Å². The fourth-order valence-electron chi connectivity index (χ4n) is 9.15. The van der Waals surface area contributed by atoms with Crippen LogP contribution in [0.5, 0.6) is 17.4 Å². The Morgan fingerprint density at radius 1 is 0.763 bits per heavy atom. The van der Waals surface area contributed by atoms with Crippen LogP contribution >= 0.6 is 0 Å². The summed E-state index contributed by atoms with van der Waals surface area (Å²) in [5.41, 5.74) is 1.86. The number of esters is 1. The molecule has 2 aliphatic heterocycles. The van der Waals surface area contributed by atoms with Gasteiger partial charge in [-0.3, -0.25) is 24.3 Å². The first kappa shape index (κ1) is 52.6. The molecule has 2 fully saturated rings. The molecule has 0 radical (unpaired) electrons. The Hall–Kier alpha value is -8.23. The van der Waals surface area contributed by atoms with E-state index in [0.717, 1.165) is 18.4 Å². The lowest BCUT2D eigenvalue weighted by Gasteiger charge is -2.37. The molecule has 0 spiro atoms. The van der Waals surface area contributed by atoms with Gasteiger partial charge in [0.05, 0.1) is 51.4 Å². The summed E-state index contributed by atoms with van der Waals surface area (Å²) in [6, 6.07) is 42.3. The summed E-state index contributed by atoms with van der Waals surface area (Å²) in [4.78, 5) is 68.8. The van der Waals surface area contributed by atoms with Crippen molar-refractivity contribution >= 4 is 52.4 Å². The minimum absolute atomic E-state index is 0.00467. The summed E-state index contributed by atoms with van der Waals surface area (Å²) in [6.45, 7) is 3.54. The second-order valence-corrected chi connectivity index (χ2v) is 18.3. The first-order chi connectivity index (χ1) is 36.9. The van der Waals surface area contributed by atoms with Crippen molar-refractivity contribution in [2.45, 2.75) is 82.4 Å². The van der Waals surface area contributed by atoms with Crippen molar-refractivity contribution in [1.82, 2.24) is 19.5 Å². The van der Waals surface area contributed by atoms with Gasteiger partial charge in [-0.05, 0) is 84.5 Å². The SMILES string of the molecule is COc1ccc(C(OC[C@H]2O[C@@H](n3cnc4c(OC(=O)N(c5ccccc5)c5ccccc5)nc(NC(=O)C(C)C)nc43)[C@H](OC3CCCCO3)[C@@H]2OC(=O)CCC(=O)O)(c2ccccc2)c2ccc(OC)cc2)cc1. The molecule has 76 heavy (non-hydrogen) atoms. The number of carboxylic acids is 1. The lowest BCUT2D eigenvalue weighted by atomic mass is 9.80. The van der Waals surface area contributed by atoms with E-state index in [2.05, 4.69) is 15.3 Å². The molecular weight excluding hydrogens is 977 g/mol. The van der Waals surface area contributed by atoms with Crippen LogP contribution in [0, 0.1) is 5.92 Å². The number of imidazole rings is 1. The van der Waals surface area contributed by atoms with E-state index in [1.165, 1.54) is 15.8 Å². The lowest BCUT2D eigenvalue weighted by molar-refractivity contribution is -0.219. The van der Waals surface area contributed by atoms with Gasteiger partial charge in [0.1, 0.15) is 29.3 Å². The van der Waals surface area contributed by atoms with Crippen LogP contribution in [-0.2, 0) is 43.7 Å². The van der Waals surface area contributed by atoms with E-state index >= 15 is 0 Å². The molecule has 1 unspecified atom stereocenters. The topological polar surface area (TPSA) is 221 Å². The number of carbonyl (C=O) groups is 4. The van der Waals surface area contributed by atoms with Gasteiger partial charge in [-0.25, -0.2) is 14.7 Å². The van der Waals surface area contributed by atoms with E-state index in [1.54, 1.807) is 76.6 Å². The average molecular weight is 1040 g/mol. The maximum atomic E-state index is 14.5. The molecule has 394 valence electrons. The predicted octanol–water partition coefficient (Wildman–Crippen LogP) is 9.37. The Labute approximate surface area is 438 Å². The number of para-hydroxylation sites is 2. The number of methoxy groups -OCH3 is 2. The number of amides is 2. The summed E-state index contributed by atoms with van der Waals surface area (Å²) < 4.78 is 52.4. The fourth-order valence-corrected chi connectivity index (χ4v) is 9.15. The molecule has 0 saturated carbocycles. The fraction of sp³-hybridized carbons (Fsp3) is 0.316. The highest BCUT2D eigenvalue weighted by molar-refractivity contribution is 5.98. The van der Waals surface area contributed by atoms with E-state index < -0.39 is 79.1 Å². The first-order valence-corrected chi connectivity index (χ1v) is 25.0. The normalized spacial score (nSPS) is 18.5. The second kappa shape index (κ2) is 24.0. The third kappa shape index (κ3) is 11.7. The van der Waals surface area contributed by atoms with Crippen LogP contribution in [0.3, 0.4) is 0 Å². The quantitative estimate of drug-likeness (QED) is 0.0536. The highest BCUT2D eigenvalue weighted by Gasteiger charge is 2.52. The summed E-state index contributed by atoms with van der Waals surface area (Å²) >= 11 is 0. The Bertz CT molecular complexity index is 3000. The Morgan fingerprint density at radius 3 is 1.91 bits per heavy atom. The number of fused-ring (bicyclic) bond motifs is 1. The second-order valence-electron chi connectivity index (χ2n) is 18.3. The van der Waals surface area contributed by atoms with Crippen molar-refractivity contribution in [1.29, 1.82) is 0 Å². The molecule has 7 aromatic rings. The highest BCUT2D eigenvalue weighted by Crippen LogP contribution is 2.45. The maximum Gasteiger partial charge on any atom is 0.425 e. The molecule has 19 heteroatoms. The van der Waals surface area contributed by atoms with Crippen LogP contribution in [0.2, 0.25) is 0 Å². The molecule has 0 bridgehead atoms. The molecule has 2 N–H and O–H groups in total. The molecule has 2 aliphatic rings. The Balaban J connectivity index is 1.17. The molecule has 9 rings (SSSR count). The Kier molecular flexibility index (Phi) is 16.6. The zero-order valence-corrected chi connectivity index (χ0v) is 42.4. The zero-order valence-electron chi connectivity index (χ0n) is 42.4. The van der Waals surface area contributed by atoms with Crippen LogP contribution in [-0.4, -0.2) is 101 Å². The minimum Gasteiger partial charge on any atom is -0.497 e. The number of aromatic nitrogens is 4. The van der Waals surface area contributed by atoms with Crippen molar-refractivity contribution < 1.29 is 62.2 Å². The molecule has 0 aliphatic carbocycles. The van der Waals surface area contributed by atoms with Gasteiger partial charge in [0.15, 0.2) is 29.8 Å². The van der Waals surface area contributed by atoms with Gasteiger partial charge in [-0.1, -0.05) is 105 Å². The standard InChI is InChI=1S/C57H58N6O13/c1-36(2)52(67)60-55-59-51-48(53(61-55)76-56(68)63(40-18-10-6-11-19-40)41-20-12-7-13-21-41)58-35-62(51)54-50(75-47-22-14-15-33-71-47)49(74-46(66)32-31-45(64)65)44(73-54)34-72-57(37-16-8-5-9-17-37,38-23-27-42(69-3)28-24-38)39-25-29-43(70-4)30-26-39/h5-13,16-21,23-30,35-36,44,47,49-50,54H,14-15,22,31-34H2,1-4H3,(H,64,65)(H,59,60,61,67)/t44-,47?,49-,50-,54-/m1/s1. The number of nitrogens with zero attached hydrogens (tertiary/aromatic N) is 5. The molecular formula is C57H58N6O13. The van der Waals surface area contributed by atoms with Crippen molar-refractivity contribution in [3.63, 3.8) is 0 Å². The van der Waals surface area contributed by atoms with Gasteiger partial charge in [0.25, 0.3) is 5.88 Å². The number of aliphatic carboxylic acids is 1. The minimum atomic E-state index is -1.35. The monoisotopic (exact) mass is 1030 g/mol. The van der Waals surface area contributed by atoms with Gasteiger partial charge in [0, 0.05) is 12.5 Å². The smallest absolute Gasteiger partial charge is 0.425 e. The van der Waals surface area contributed by atoms with Crippen molar-refractivity contribution in [2.24, 2.45) is 5.92 Å². The number of hydrogen-bond acceptors (Lipinski definition) is 15. The van der Waals surface area contributed by atoms with Crippen LogP contribution in [0.4, 0.5) is 22.1 Å². The van der Waals surface area contributed by atoms with Crippen LogP contribution in [0.25, 0.3) is 11.2 Å². The van der Waals surface area contributed by atoms with Gasteiger partial charge in [-0.15, -0.1) is 0 Å². The van der Waals surface area contributed by atoms with Crippen molar-refractivity contribution in [3.8, 4) is 17.4 Å². The van der Waals surface area contributed by atoms with Crippen LogP contribution in [0.15, 0.2) is 146 Å². The molecule has 4 heterocycles. The van der Waals surface area contributed by atoms with E-state index in [9.17, 15) is 24.3 Å². The summed E-state index contributed by atoms with van der Waals surface area (Å²) in [6.07, 6.45) is -3.98. The summed E-state index contributed by atoms with van der Waals surface area (Å²) in [7, 11) is 3.16. The third-order valence-electron chi connectivity index (χ3n) is 13.0. The summed E-state index contributed by atoms with van der Waals surface area (Å²) in [5.74, 6) is -2.21. The third-order valence-corrected chi connectivity index (χ3v) is 13.0. The number of anilines is 3. The number of rotatable bonds is 20. The molecule has 5 aromatic carbocycles. The van der Waals surface area contributed by atoms with Crippen LogP contribution in [0.1, 0.15) is 68.9 Å². The van der Waals surface area contributed by atoms with Crippen LogP contribution < -0.4 is 24.4 Å². The van der Waals surface area contributed by atoms with Gasteiger partial charge in [-0.2, -0.15) is 9.97 Å². The number of carbonyl (C=O) groups excluding carboxylic acids is 3. The molecule has 2 aromatic heterocycles. The zero-order chi connectivity index (χ0) is 53.2. The largest absolute Gasteiger partial charge is 0.497 e. The van der Waals surface area contributed by atoms with E-state index in [0.29, 0.717) is 47.0 Å². The predicted molar refractivity (Wildman–Crippen MR) is 277 cm³/mol. The van der Waals surface area contributed by atoms with E-state index in [-0.39, 0.29) is 29.6 Å². The molecule has 2 amide bonds. The Morgan fingerprint density at radius 2 is 1.36 bits per heavy atom. The molecule has 19 nitrogen and oxygen atoms in total. The number of benzene rings is 5. The maximum absolute atomic E-state index is 14.5. The summed E-state index contributed by atoms with van der Waals surface area (Å²) in [5, 5.41) is 12.4. The van der Waals surface area contributed by atoms with E-state index in [1.807, 2.05) is 91.0 Å². The number of carboxylic acid groups (broad SMARTS) is 1. The van der Waals surface area contributed by atoms with Crippen molar-refractivity contribution in [2.75, 3.05) is 37.7 Å². The van der Waals surface area contributed by atoms with Gasteiger partial charge >= 0.3 is 18.0 Å². The van der Waals surface area contributed by atoms with Gasteiger partial charge < -0.3 is 43.0 Å². The first-order valence-electron chi connectivity index (χ1n) is 25.0. The number of hydrogen-bond donors (Lipinski definition) is 2. The average Bonchev–Trinajstić information content (AvgIpc) is 4.03. The number of ether oxygens (including phenoxy) is 8. The lowest BCUT2D eigenvalue weighted by Crippen LogP contribution is -2.44. The molecule has 5 atom stereocenters. The number of nitrogens with one attached hydrogen (secondary N) is 1. The van der Waals surface area contributed by atoms with Crippen molar-refractivity contribution in [3.05, 3.63) is 163 Å². The molecule has 2 saturated heterocycles. The highest BCUT2D eigenvalue weighted by atomic mass is 16.7. The van der Waals surface area contributed by atoms with Gasteiger partial charge in [0.2, 0.25) is 11.9 Å².